The molecule has 0 fully saturated rings. The van der Waals surface area contributed by atoms with Crippen LogP contribution in [0.25, 0.3) is 0 Å². The highest BCUT2D eigenvalue weighted by Crippen LogP contribution is 2.29. The summed E-state index contributed by atoms with van der Waals surface area (Å²) in [6.07, 6.45) is -5.00. The Bertz CT molecular complexity index is 475. The summed E-state index contributed by atoms with van der Waals surface area (Å²) in [7, 11) is 2.07. The van der Waals surface area contributed by atoms with Gasteiger partial charge in [-0.05, 0) is 0 Å². The molecule has 0 spiro atoms. The van der Waals surface area contributed by atoms with Gasteiger partial charge in [0.05, 0.1) is 25.3 Å². The van der Waals surface area contributed by atoms with Gasteiger partial charge in [0.15, 0.2) is 0 Å². The molecule has 5 nitrogen and oxygen atoms in total. The van der Waals surface area contributed by atoms with Crippen LogP contribution in [0.2, 0.25) is 0 Å². The van der Waals surface area contributed by atoms with Crippen LogP contribution in [-0.2, 0) is 11.4 Å². The number of methoxy groups -OCH3 is 2. The number of carbonyl (C=O) groups is 1. The summed E-state index contributed by atoms with van der Waals surface area (Å²) >= 11 is 0. The molecule has 0 saturated carbocycles. The lowest BCUT2D eigenvalue weighted by Crippen LogP contribution is -2.19. The van der Waals surface area contributed by atoms with Crippen LogP contribution in [0.1, 0.15) is 15.9 Å². The Hall–Kier alpha value is -2.06. The molecule has 1 heterocycles. The minimum Gasteiger partial charge on any atom is -0.481 e. The van der Waals surface area contributed by atoms with Crippen molar-refractivity contribution < 1.29 is 36.6 Å². The summed E-state index contributed by atoms with van der Waals surface area (Å²) in [4.78, 5) is 14.7. The van der Waals surface area contributed by atoms with Crippen molar-refractivity contribution in [2.45, 2.75) is 13.0 Å². The Kier molecular flexibility index (Phi) is 4.52. The van der Waals surface area contributed by atoms with Crippen LogP contribution in [0.3, 0.4) is 0 Å². The first-order valence-electron chi connectivity index (χ1n) is 4.80. The van der Waals surface area contributed by atoms with Crippen LogP contribution >= 0.6 is 0 Å². The average Bonchev–Trinajstić information content (AvgIpc) is 2.34. The van der Waals surface area contributed by atoms with Crippen LogP contribution in [0, 0.1) is 0 Å². The summed E-state index contributed by atoms with van der Waals surface area (Å²) in [6.45, 7) is -1.16. The molecule has 0 unspecified atom stereocenters. The van der Waals surface area contributed by atoms with Gasteiger partial charge in [-0.3, -0.25) is 0 Å². The van der Waals surface area contributed by atoms with Crippen LogP contribution in [-0.4, -0.2) is 31.5 Å². The molecule has 1 aromatic heterocycles. The van der Waals surface area contributed by atoms with Crippen molar-refractivity contribution in [2.24, 2.45) is 0 Å². The van der Waals surface area contributed by atoms with E-state index in [0.717, 1.165) is 14.2 Å². The molecule has 0 radical (unpaired) electrons. The van der Waals surface area contributed by atoms with Crippen molar-refractivity contribution in [1.29, 1.82) is 0 Å². The number of rotatable bonds is 4. The van der Waals surface area contributed by atoms with Gasteiger partial charge >= 0.3 is 12.3 Å². The molecule has 0 aliphatic carbocycles. The van der Waals surface area contributed by atoms with E-state index in [4.69, 9.17) is 0 Å². The number of aromatic nitrogens is 1. The summed E-state index contributed by atoms with van der Waals surface area (Å²) in [5.74, 6) is -2.45. The zero-order chi connectivity index (χ0) is 14.6. The number of esters is 1. The number of halogens is 4. The Morgan fingerprint density at radius 2 is 2.00 bits per heavy atom. The fourth-order valence-electron chi connectivity index (χ4n) is 1.29. The van der Waals surface area contributed by atoms with Crippen LogP contribution < -0.4 is 9.47 Å². The van der Waals surface area contributed by atoms with E-state index in [2.05, 4.69) is 19.2 Å². The summed E-state index contributed by atoms with van der Waals surface area (Å²) in [5.41, 5.74) is -0.764. The molecule has 0 amide bonds. The Morgan fingerprint density at radius 3 is 2.42 bits per heavy atom. The minimum absolute atomic E-state index is 0.316. The van der Waals surface area contributed by atoms with Crippen molar-refractivity contribution >= 4 is 5.97 Å². The Labute approximate surface area is 105 Å². The molecule has 0 saturated heterocycles. The summed E-state index contributed by atoms with van der Waals surface area (Å²) in [6, 6.07) is 0.636. The molecule has 0 aromatic carbocycles. The van der Waals surface area contributed by atoms with Crippen LogP contribution in [0.4, 0.5) is 17.6 Å². The molecule has 9 heteroatoms. The first-order chi connectivity index (χ1) is 8.82. The minimum atomic E-state index is -5.00. The van der Waals surface area contributed by atoms with E-state index in [1.165, 1.54) is 0 Å². The van der Waals surface area contributed by atoms with E-state index < -0.39 is 36.3 Å². The third-order valence-corrected chi connectivity index (χ3v) is 2.02. The number of hydrogen-bond donors (Lipinski definition) is 0. The Balaban J connectivity index is 3.34. The maximum Gasteiger partial charge on any atom is 0.574 e. The van der Waals surface area contributed by atoms with Crippen molar-refractivity contribution in [3.05, 3.63) is 17.2 Å². The third-order valence-electron chi connectivity index (χ3n) is 2.02. The maximum absolute atomic E-state index is 12.8. The fraction of sp³-hybridized carbons (Fsp3) is 0.400. The summed E-state index contributed by atoms with van der Waals surface area (Å²) in [5, 5.41) is 0. The molecule has 0 atom stereocenters. The topological polar surface area (TPSA) is 57.7 Å². The number of ether oxygens (including phenoxy) is 3. The van der Waals surface area contributed by atoms with E-state index in [9.17, 15) is 22.4 Å². The molecule has 1 aromatic rings. The largest absolute Gasteiger partial charge is 0.574 e. The Morgan fingerprint density at radius 1 is 1.37 bits per heavy atom. The second-order valence-corrected chi connectivity index (χ2v) is 3.17. The highest BCUT2D eigenvalue weighted by molar-refractivity contribution is 5.91. The quantitative estimate of drug-likeness (QED) is 0.626. The molecule has 106 valence electrons. The van der Waals surface area contributed by atoms with Crippen molar-refractivity contribution in [2.75, 3.05) is 14.2 Å². The van der Waals surface area contributed by atoms with Gasteiger partial charge in [-0.2, -0.15) is 4.98 Å². The second-order valence-electron chi connectivity index (χ2n) is 3.17. The van der Waals surface area contributed by atoms with Gasteiger partial charge in [-0.15, -0.1) is 13.2 Å². The normalized spacial score (nSPS) is 11.1. The standard InChI is InChI=1S/C10H9F4NO4/c1-17-8-6(4-11)5(9(16)18-2)3-7(15-8)19-10(12,13)14/h3H,4H2,1-2H3. The van der Waals surface area contributed by atoms with Gasteiger partial charge in [-0.25, -0.2) is 9.18 Å². The first-order valence-corrected chi connectivity index (χ1v) is 4.80. The van der Waals surface area contributed by atoms with Gasteiger partial charge in [0.2, 0.25) is 11.8 Å². The number of alkyl halides is 4. The zero-order valence-electron chi connectivity index (χ0n) is 9.88. The zero-order valence-corrected chi connectivity index (χ0v) is 9.88. The molecule has 0 bridgehead atoms. The second kappa shape index (κ2) is 5.72. The number of hydrogen-bond acceptors (Lipinski definition) is 5. The molecular formula is C10H9F4NO4. The molecule has 0 aliphatic rings. The van der Waals surface area contributed by atoms with E-state index in [-0.39, 0.29) is 5.56 Å². The molecular weight excluding hydrogens is 274 g/mol. The third kappa shape index (κ3) is 3.70. The van der Waals surface area contributed by atoms with Crippen molar-refractivity contribution in [1.82, 2.24) is 4.98 Å². The lowest BCUT2D eigenvalue weighted by molar-refractivity contribution is -0.276. The van der Waals surface area contributed by atoms with Gasteiger partial charge < -0.3 is 14.2 Å². The van der Waals surface area contributed by atoms with Crippen molar-refractivity contribution in [3.63, 3.8) is 0 Å². The maximum atomic E-state index is 12.8. The average molecular weight is 283 g/mol. The molecule has 0 aliphatic heterocycles. The van der Waals surface area contributed by atoms with Crippen LogP contribution in [0.15, 0.2) is 6.07 Å². The van der Waals surface area contributed by atoms with Gasteiger partial charge in [0, 0.05) is 6.07 Å². The highest BCUT2D eigenvalue weighted by atomic mass is 19.4. The van der Waals surface area contributed by atoms with E-state index >= 15 is 0 Å². The highest BCUT2D eigenvalue weighted by Gasteiger charge is 2.33. The molecule has 1 rings (SSSR count). The summed E-state index contributed by atoms with van der Waals surface area (Å²) < 4.78 is 61.6. The number of pyridine rings is 1. The number of carbonyl (C=O) groups excluding carboxylic acids is 1. The van der Waals surface area contributed by atoms with Gasteiger partial charge in [-0.1, -0.05) is 0 Å². The number of nitrogens with zero attached hydrogens (tertiary/aromatic N) is 1. The van der Waals surface area contributed by atoms with Crippen molar-refractivity contribution in [3.8, 4) is 11.8 Å². The molecule has 19 heavy (non-hydrogen) atoms. The van der Waals surface area contributed by atoms with Gasteiger partial charge in [0.1, 0.15) is 6.67 Å². The fourth-order valence-corrected chi connectivity index (χ4v) is 1.29. The molecule has 0 N–H and O–H groups in total. The predicted molar refractivity (Wildman–Crippen MR) is 53.6 cm³/mol. The smallest absolute Gasteiger partial charge is 0.481 e. The lowest BCUT2D eigenvalue weighted by Gasteiger charge is -2.13. The van der Waals surface area contributed by atoms with E-state index in [0.29, 0.717) is 6.07 Å². The van der Waals surface area contributed by atoms with Gasteiger partial charge in [0.25, 0.3) is 0 Å². The lowest BCUT2D eigenvalue weighted by atomic mass is 10.1. The monoisotopic (exact) mass is 283 g/mol. The van der Waals surface area contributed by atoms with Crippen LogP contribution in [0.5, 0.6) is 11.8 Å². The SMILES string of the molecule is COC(=O)c1cc(OC(F)(F)F)nc(OC)c1CF. The van der Waals surface area contributed by atoms with E-state index in [1.807, 2.05) is 0 Å². The first kappa shape index (κ1) is 15.0. The van der Waals surface area contributed by atoms with E-state index in [1.54, 1.807) is 0 Å². The predicted octanol–water partition coefficient (Wildman–Crippen LogP) is 2.24.